The summed E-state index contributed by atoms with van der Waals surface area (Å²) < 4.78 is 0. The first-order valence-electron chi connectivity index (χ1n) is 6.72. The van der Waals surface area contributed by atoms with Crippen LogP contribution < -0.4 is 0 Å². The Hall–Kier alpha value is -1.11. The molecule has 0 saturated carbocycles. The fourth-order valence-corrected chi connectivity index (χ4v) is 2.62. The molecule has 0 bridgehead atoms. The van der Waals surface area contributed by atoms with E-state index in [1.807, 2.05) is 12.4 Å². The predicted molar refractivity (Wildman–Crippen MR) is 79.0 cm³/mol. The monoisotopic (exact) mass is 258 g/mol. The number of aromatic nitrogens is 1. The van der Waals surface area contributed by atoms with Gasteiger partial charge in [-0.1, -0.05) is 25.6 Å². The minimum Gasteiger partial charge on any atom is -0.299 e. The van der Waals surface area contributed by atoms with Crippen molar-refractivity contribution in [2.75, 3.05) is 13.1 Å². The summed E-state index contributed by atoms with van der Waals surface area (Å²) in [6, 6.07) is 2.19. The molecular weight excluding hydrogens is 236 g/mol. The number of hydrogen-bond donors (Lipinski definition) is 0. The van der Waals surface area contributed by atoms with Gasteiger partial charge in [-0.25, -0.2) is 0 Å². The van der Waals surface area contributed by atoms with E-state index in [1.165, 1.54) is 31.5 Å². The summed E-state index contributed by atoms with van der Waals surface area (Å²) in [7, 11) is -1.29. The third-order valence-corrected chi connectivity index (χ3v) is 3.86. The Morgan fingerprint density at radius 1 is 1.22 bits per heavy atom. The molecule has 2 rings (SSSR count). The van der Waals surface area contributed by atoms with Gasteiger partial charge >= 0.3 is 0 Å². The van der Waals surface area contributed by atoms with E-state index in [1.54, 1.807) is 0 Å². The van der Waals surface area contributed by atoms with Gasteiger partial charge in [0, 0.05) is 24.5 Å². The minimum absolute atomic E-state index is 1.02. The Kier molecular flexibility index (Phi) is 4.21. The number of hydrogen-bond acceptors (Lipinski definition) is 2. The normalized spacial score (nSPS) is 16.4. The zero-order valence-corrected chi connectivity index (χ0v) is 12.7. The second-order valence-electron chi connectivity index (χ2n) is 6.07. The van der Waals surface area contributed by atoms with E-state index in [9.17, 15) is 0 Å². The smallest absolute Gasteiger partial charge is 0.129 e. The topological polar surface area (TPSA) is 16.1 Å². The fourth-order valence-electron chi connectivity index (χ4n) is 2.10. The van der Waals surface area contributed by atoms with Gasteiger partial charge in [0.25, 0.3) is 0 Å². The van der Waals surface area contributed by atoms with Crippen LogP contribution in [0, 0.1) is 11.5 Å². The number of likely N-dealkylation sites (tertiary alicyclic amines) is 1. The summed E-state index contributed by atoms with van der Waals surface area (Å²) >= 11 is 0. The lowest BCUT2D eigenvalue weighted by Crippen LogP contribution is -2.18. The maximum atomic E-state index is 4.31. The molecular formula is C15H22N2Si. The van der Waals surface area contributed by atoms with Crippen LogP contribution in [0.4, 0.5) is 0 Å². The SMILES string of the molecule is C[Si](C)(C)C#Cc1cncc(CN2CCCC2)c1. The van der Waals surface area contributed by atoms with Gasteiger partial charge in [0.05, 0.1) is 0 Å². The molecule has 96 valence electrons. The standard InChI is InChI=1S/C15H22N2Si/c1-18(2,3)9-6-14-10-15(12-16-11-14)13-17-7-4-5-8-17/h10-12H,4-5,7-8,13H2,1-3H3. The summed E-state index contributed by atoms with van der Waals surface area (Å²) in [4.78, 5) is 6.81. The van der Waals surface area contributed by atoms with E-state index < -0.39 is 8.07 Å². The highest BCUT2D eigenvalue weighted by molar-refractivity contribution is 6.83. The van der Waals surface area contributed by atoms with Gasteiger partial charge in [-0.15, -0.1) is 5.54 Å². The Balaban J connectivity index is 2.06. The fraction of sp³-hybridized carbons (Fsp3) is 0.533. The molecule has 1 fully saturated rings. The first kappa shape index (κ1) is 13.3. The van der Waals surface area contributed by atoms with Crippen LogP contribution in [-0.2, 0) is 6.54 Å². The molecule has 1 aromatic rings. The quantitative estimate of drug-likeness (QED) is 0.599. The average Bonchev–Trinajstić information content (AvgIpc) is 2.79. The first-order chi connectivity index (χ1) is 8.53. The van der Waals surface area contributed by atoms with Crippen molar-refractivity contribution in [3.8, 4) is 11.5 Å². The molecule has 18 heavy (non-hydrogen) atoms. The number of nitrogens with zero attached hydrogens (tertiary/aromatic N) is 2. The largest absolute Gasteiger partial charge is 0.299 e. The molecule has 0 aliphatic carbocycles. The molecule has 0 spiro atoms. The zero-order chi connectivity index (χ0) is 13.0. The van der Waals surface area contributed by atoms with E-state index in [-0.39, 0.29) is 0 Å². The molecule has 0 aromatic carbocycles. The van der Waals surface area contributed by atoms with Gasteiger partial charge in [-0.05, 0) is 37.6 Å². The number of rotatable bonds is 2. The molecule has 1 aliphatic heterocycles. The van der Waals surface area contributed by atoms with Crippen molar-refractivity contribution in [3.63, 3.8) is 0 Å². The van der Waals surface area contributed by atoms with E-state index in [0.717, 1.165) is 12.1 Å². The van der Waals surface area contributed by atoms with Gasteiger partial charge in [0.15, 0.2) is 0 Å². The summed E-state index contributed by atoms with van der Waals surface area (Å²) in [6.07, 6.45) is 6.52. The van der Waals surface area contributed by atoms with Crippen molar-refractivity contribution in [2.24, 2.45) is 0 Å². The van der Waals surface area contributed by atoms with Crippen molar-refractivity contribution in [1.82, 2.24) is 9.88 Å². The van der Waals surface area contributed by atoms with Gasteiger partial charge in [0.1, 0.15) is 8.07 Å². The lowest BCUT2D eigenvalue weighted by atomic mass is 10.2. The minimum atomic E-state index is -1.29. The predicted octanol–water partition coefficient (Wildman–Crippen LogP) is 2.91. The lowest BCUT2D eigenvalue weighted by molar-refractivity contribution is 0.331. The third-order valence-electron chi connectivity index (χ3n) is 2.98. The van der Waals surface area contributed by atoms with Crippen LogP contribution in [0.3, 0.4) is 0 Å². The van der Waals surface area contributed by atoms with Crippen LogP contribution in [0.25, 0.3) is 0 Å². The maximum Gasteiger partial charge on any atom is 0.129 e. The van der Waals surface area contributed by atoms with Crippen molar-refractivity contribution < 1.29 is 0 Å². The molecule has 0 atom stereocenters. The Morgan fingerprint density at radius 2 is 1.94 bits per heavy atom. The Morgan fingerprint density at radius 3 is 2.61 bits per heavy atom. The second-order valence-corrected chi connectivity index (χ2v) is 10.8. The summed E-state index contributed by atoms with van der Waals surface area (Å²) in [5, 5.41) is 0. The second kappa shape index (κ2) is 5.68. The van der Waals surface area contributed by atoms with Gasteiger partial charge in [-0.3, -0.25) is 9.88 Å². The van der Waals surface area contributed by atoms with E-state index in [2.05, 4.69) is 47.1 Å². The molecule has 3 heteroatoms. The molecule has 0 radical (unpaired) electrons. The van der Waals surface area contributed by atoms with Gasteiger partial charge in [0.2, 0.25) is 0 Å². The third kappa shape index (κ3) is 4.28. The van der Waals surface area contributed by atoms with Crippen LogP contribution in [0.5, 0.6) is 0 Å². The molecule has 0 unspecified atom stereocenters. The van der Waals surface area contributed by atoms with Crippen molar-refractivity contribution in [3.05, 3.63) is 29.6 Å². The summed E-state index contributed by atoms with van der Waals surface area (Å²) in [6.45, 7) is 10.3. The van der Waals surface area contributed by atoms with Crippen LogP contribution in [0.2, 0.25) is 19.6 Å². The molecule has 1 saturated heterocycles. The molecule has 2 heterocycles. The van der Waals surface area contributed by atoms with Crippen LogP contribution in [-0.4, -0.2) is 31.0 Å². The first-order valence-corrected chi connectivity index (χ1v) is 10.2. The van der Waals surface area contributed by atoms with Crippen molar-refractivity contribution >= 4 is 8.07 Å². The highest BCUT2D eigenvalue weighted by Gasteiger charge is 2.12. The molecule has 0 amide bonds. The highest BCUT2D eigenvalue weighted by atomic mass is 28.3. The average molecular weight is 258 g/mol. The lowest BCUT2D eigenvalue weighted by Gasteiger charge is -2.14. The molecule has 2 nitrogen and oxygen atoms in total. The summed E-state index contributed by atoms with van der Waals surface area (Å²) in [5.74, 6) is 3.28. The van der Waals surface area contributed by atoms with Crippen molar-refractivity contribution in [2.45, 2.75) is 39.0 Å². The Bertz CT molecular complexity index is 459. The van der Waals surface area contributed by atoms with Gasteiger partial charge < -0.3 is 0 Å². The van der Waals surface area contributed by atoms with Crippen LogP contribution in [0.15, 0.2) is 18.5 Å². The number of pyridine rings is 1. The zero-order valence-electron chi connectivity index (χ0n) is 11.7. The summed E-state index contributed by atoms with van der Waals surface area (Å²) in [5.41, 5.74) is 5.75. The highest BCUT2D eigenvalue weighted by Crippen LogP contribution is 2.12. The van der Waals surface area contributed by atoms with Crippen LogP contribution in [0.1, 0.15) is 24.0 Å². The molecule has 1 aliphatic rings. The van der Waals surface area contributed by atoms with Crippen LogP contribution >= 0.6 is 0 Å². The van der Waals surface area contributed by atoms with E-state index in [0.29, 0.717) is 0 Å². The molecule has 1 aromatic heterocycles. The van der Waals surface area contributed by atoms with E-state index in [4.69, 9.17) is 0 Å². The van der Waals surface area contributed by atoms with E-state index >= 15 is 0 Å². The molecule has 0 N–H and O–H groups in total. The maximum absolute atomic E-state index is 4.31. The van der Waals surface area contributed by atoms with Gasteiger partial charge in [-0.2, -0.15) is 0 Å². The Labute approximate surface area is 111 Å². The van der Waals surface area contributed by atoms with Crippen molar-refractivity contribution in [1.29, 1.82) is 0 Å².